The number of aryl methyl sites for hydroxylation is 1. The lowest BCUT2D eigenvalue weighted by atomic mass is 10.1. The maximum absolute atomic E-state index is 11.0. The van der Waals surface area contributed by atoms with Gasteiger partial charge in [0.1, 0.15) is 0 Å². The molecular weight excluding hydrogens is 284 g/mol. The quantitative estimate of drug-likeness (QED) is 0.425. The Labute approximate surface area is 121 Å². The molecule has 8 heteroatoms. The van der Waals surface area contributed by atoms with Gasteiger partial charge >= 0.3 is 0 Å². The summed E-state index contributed by atoms with van der Waals surface area (Å²) >= 11 is 1.07. The summed E-state index contributed by atoms with van der Waals surface area (Å²) in [6.07, 6.45) is 1.71. The molecule has 0 aliphatic rings. The van der Waals surface area contributed by atoms with Crippen molar-refractivity contribution in [1.29, 1.82) is 0 Å². The van der Waals surface area contributed by atoms with Gasteiger partial charge in [0.25, 0.3) is 5.69 Å². The number of anilines is 1. The second-order valence-corrected chi connectivity index (χ2v) is 4.55. The summed E-state index contributed by atoms with van der Waals surface area (Å²) in [6, 6.07) is 3.00. The van der Waals surface area contributed by atoms with Crippen LogP contribution in [-0.2, 0) is 0 Å². The Hall–Kier alpha value is -1.51. The molecule has 0 radical (unpaired) electrons. The molecule has 7 nitrogen and oxygen atoms in total. The predicted molar refractivity (Wildman–Crippen MR) is 78.4 cm³/mol. The maximum Gasteiger partial charge on any atom is 0.276 e. The van der Waals surface area contributed by atoms with E-state index in [0.717, 1.165) is 12.0 Å². The van der Waals surface area contributed by atoms with E-state index in [1.54, 1.807) is 24.1 Å². The Bertz CT molecular complexity index is 463. The molecule has 1 aromatic rings. The Morgan fingerprint density at radius 3 is 2.40 bits per heavy atom. The van der Waals surface area contributed by atoms with Crippen LogP contribution in [0.3, 0.4) is 0 Å². The first-order valence-electron chi connectivity index (χ1n) is 6.01. The van der Waals surface area contributed by atoms with Gasteiger partial charge in [0, 0.05) is 24.9 Å². The van der Waals surface area contributed by atoms with Crippen molar-refractivity contribution in [3.05, 3.63) is 27.8 Å². The van der Waals surface area contributed by atoms with Crippen molar-refractivity contribution < 1.29 is 19.3 Å². The van der Waals surface area contributed by atoms with Crippen LogP contribution in [-0.4, -0.2) is 47.7 Å². The first-order chi connectivity index (χ1) is 9.54. The third-order valence-corrected chi connectivity index (χ3v) is 3.07. The number of hydrogen-bond donors (Lipinski definition) is 2. The van der Waals surface area contributed by atoms with E-state index >= 15 is 0 Å². The minimum Gasteiger partial charge on any atom is -0.424 e. The molecule has 0 atom stereocenters. The van der Waals surface area contributed by atoms with Crippen LogP contribution in [0.5, 0.6) is 5.75 Å². The van der Waals surface area contributed by atoms with Gasteiger partial charge in [-0.2, -0.15) is 0 Å². The van der Waals surface area contributed by atoms with E-state index in [9.17, 15) is 10.1 Å². The topological polar surface area (TPSA) is 96.1 Å². The fourth-order valence-corrected chi connectivity index (χ4v) is 2.17. The van der Waals surface area contributed by atoms with Crippen molar-refractivity contribution in [2.24, 2.45) is 0 Å². The number of benzene rings is 1. The van der Waals surface area contributed by atoms with Crippen LogP contribution in [0.25, 0.3) is 0 Å². The summed E-state index contributed by atoms with van der Waals surface area (Å²) in [5.74, 6) is 0.344. The highest BCUT2D eigenvalue weighted by molar-refractivity contribution is 7.94. The lowest BCUT2D eigenvalue weighted by Crippen LogP contribution is -2.30. The first kappa shape index (κ1) is 16.5. The summed E-state index contributed by atoms with van der Waals surface area (Å²) in [4.78, 5) is 12.2. The molecule has 0 bridgehead atoms. The van der Waals surface area contributed by atoms with Crippen LogP contribution in [0.4, 0.5) is 11.4 Å². The van der Waals surface area contributed by atoms with Crippen LogP contribution in [0.2, 0.25) is 0 Å². The fraction of sp³-hybridized carbons (Fsp3) is 0.500. The molecule has 1 rings (SSSR count). The number of aliphatic hydroxyl groups excluding tert-OH is 2. The van der Waals surface area contributed by atoms with Gasteiger partial charge in [-0.25, -0.2) is 0 Å². The summed E-state index contributed by atoms with van der Waals surface area (Å²) < 4.78 is 5.36. The zero-order valence-electron chi connectivity index (χ0n) is 11.4. The van der Waals surface area contributed by atoms with Crippen molar-refractivity contribution >= 4 is 23.4 Å². The van der Waals surface area contributed by atoms with E-state index in [-0.39, 0.29) is 18.9 Å². The monoisotopic (exact) mass is 302 g/mol. The molecule has 2 N–H and O–H groups in total. The molecular formula is C12H18N2O5S. The van der Waals surface area contributed by atoms with E-state index in [1.807, 2.05) is 0 Å². The van der Waals surface area contributed by atoms with Gasteiger partial charge in [-0.3, -0.25) is 10.1 Å². The van der Waals surface area contributed by atoms with Gasteiger partial charge < -0.3 is 19.3 Å². The summed E-state index contributed by atoms with van der Waals surface area (Å²) in [5, 5.41) is 29.1. The predicted octanol–water partition coefficient (Wildman–Crippen LogP) is 1.35. The van der Waals surface area contributed by atoms with Gasteiger partial charge in [-0.1, -0.05) is 0 Å². The highest BCUT2D eigenvalue weighted by Crippen LogP contribution is 2.36. The minimum absolute atomic E-state index is 0.0225. The third kappa shape index (κ3) is 3.99. The second-order valence-electron chi connectivity index (χ2n) is 4.05. The molecule has 0 unspecified atom stereocenters. The average Bonchev–Trinajstić information content (AvgIpc) is 2.40. The Balaban J connectivity index is 3.27. The molecule has 0 fully saturated rings. The molecule has 112 valence electrons. The average molecular weight is 302 g/mol. The Morgan fingerprint density at radius 2 is 1.95 bits per heavy atom. The number of hydrogen-bond acceptors (Lipinski definition) is 7. The Kier molecular flexibility index (Phi) is 6.56. The molecule has 0 spiro atoms. The molecule has 0 aliphatic carbocycles. The lowest BCUT2D eigenvalue weighted by molar-refractivity contribution is -0.385. The standard InChI is InChI=1S/C12H18N2O5S/c1-9-7-11(13(3-5-15)4-6-16)12(19-20-2)8-10(9)14(17)18/h7-8,15-16H,3-6H2,1-2H3. The lowest BCUT2D eigenvalue weighted by Gasteiger charge is -2.25. The summed E-state index contributed by atoms with van der Waals surface area (Å²) in [6.45, 7) is 2.08. The van der Waals surface area contributed by atoms with Crippen molar-refractivity contribution in [3.63, 3.8) is 0 Å². The highest BCUT2D eigenvalue weighted by atomic mass is 32.2. The highest BCUT2D eigenvalue weighted by Gasteiger charge is 2.20. The Morgan fingerprint density at radius 1 is 1.35 bits per heavy atom. The van der Waals surface area contributed by atoms with Crippen LogP contribution < -0.4 is 9.08 Å². The largest absolute Gasteiger partial charge is 0.424 e. The van der Waals surface area contributed by atoms with E-state index in [4.69, 9.17) is 14.4 Å². The minimum atomic E-state index is -0.464. The number of rotatable bonds is 8. The fourth-order valence-electron chi connectivity index (χ4n) is 1.86. The summed E-state index contributed by atoms with van der Waals surface area (Å²) in [5.41, 5.74) is 1.09. The van der Waals surface area contributed by atoms with Gasteiger partial charge in [-0.05, 0) is 13.0 Å². The van der Waals surface area contributed by atoms with Gasteiger partial charge in [0.15, 0.2) is 5.75 Å². The van der Waals surface area contributed by atoms with Gasteiger partial charge in [0.2, 0.25) is 0 Å². The van der Waals surface area contributed by atoms with Crippen LogP contribution in [0.15, 0.2) is 12.1 Å². The molecule has 0 heterocycles. The smallest absolute Gasteiger partial charge is 0.276 e. The molecule has 0 aliphatic heterocycles. The number of nitrogens with zero attached hydrogens (tertiary/aromatic N) is 2. The second kappa shape index (κ2) is 7.93. The molecule has 20 heavy (non-hydrogen) atoms. The SMILES string of the molecule is CSOc1cc([N+](=O)[O-])c(C)cc1N(CCO)CCO. The molecule has 0 saturated carbocycles. The normalized spacial score (nSPS) is 10.4. The maximum atomic E-state index is 11.0. The van der Waals surface area contributed by atoms with Gasteiger partial charge in [0.05, 0.1) is 41.9 Å². The molecule has 0 saturated heterocycles. The molecule has 1 aromatic carbocycles. The summed E-state index contributed by atoms with van der Waals surface area (Å²) in [7, 11) is 0. The van der Waals surface area contributed by atoms with Crippen molar-refractivity contribution in [2.45, 2.75) is 6.92 Å². The zero-order valence-corrected chi connectivity index (χ0v) is 12.2. The number of aliphatic hydroxyl groups is 2. The van der Waals surface area contributed by atoms with Crippen LogP contribution in [0, 0.1) is 17.0 Å². The van der Waals surface area contributed by atoms with E-state index in [0.29, 0.717) is 30.1 Å². The number of nitro groups is 1. The van der Waals surface area contributed by atoms with E-state index in [2.05, 4.69) is 0 Å². The zero-order chi connectivity index (χ0) is 15.1. The van der Waals surface area contributed by atoms with E-state index < -0.39 is 4.92 Å². The van der Waals surface area contributed by atoms with Crippen molar-refractivity contribution in [1.82, 2.24) is 0 Å². The van der Waals surface area contributed by atoms with Crippen LogP contribution in [0.1, 0.15) is 5.56 Å². The van der Waals surface area contributed by atoms with E-state index in [1.165, 1.54) is 6.07 Å². The van der Waals surface area contributed by atoms with Crippen molar-refractivity contribution in [3.8, 4) is 5.75 Å². The first-order valence-corrected chi connectivity index (χ1v) is 7.16. The third-order valence-electron chi connectivity index (χ3n) is 2.73. The van der Waals surface area contributed by atoms with Crippen LogP contribution >= 0.6 is 12.0 Å². The van der Waals surface area contributed by atoms with Gasteiger partial charge in [-0.15, -0.1) is 0 Å². The molecule has 0 amide bonds. The van der Waals surface area contributed by atoms with Crippen molar-refractivity contribution in [2.75, 3.05) is 37.5 Å². The molecule has 0 aromatic heterocycles. The number of nitro benzene ring substituents is 1.